The first-order valence-corrected chi connectivity index (χ1v) is 12.4. The van der Waals surface area contributed by atoms with Gasteiger partial charge in [0, 0.05) is 49.2 Å². The fraction of sp³-hybridized carbons (Fsp3) is 0.207. The number of hydrogen-bond acceptors (Lipinski definition) is 6. The van der Waals surface area contributed by atoms with Gasteiger partial charge in [0.15, 0.2) is 11.5 Å². The lowest BCUT2D eigenvalue weighted by Crippen LogP contribution is -2.32. The number of anilines is 1. The van der Waals surface area contributed by atoms with Crippen molar-refractivity contribution < 1.29 is 37.0 Å². The molecule has 3 aromatic rings. The van der Waals surface area contributed by atoms with Crippen LogP contribution in [0, 0.1) is 11.2 Å². The molecule has 1 aliphatic heterocycles. The van der Waals surface area contributed by atoms with E-state index in [9.17, 15) is 32.3 Å². The van der Waals surface area contributed by atoms with Crippen LogP contribution in [0.1, 0.15) is 33.5 Å². The van der Waals surface area contributed by atoms with E-state index < -0.39 is 23.5 Å². The van der Waals surface area contributed by atoms with Crippen LogP contribution in [0.25, 0.3) is 0 Å². The maximum atomic E-state index is 13.6. The number of carbonyl (C=O) groups excluding carboxylic acids is 2. The Hall–Kier alpha value is -4.87. The van der Waals surface area contributed by atoms with E-state index in [1.54, 1.807) is 41.3 Å². The lowest BCUT2D eigenvalue weighted by Gasteiger charge is -2.27. The molecule has 4 rings (SSSR count). The molecule has 0 saturated carbocycles. The van der Waals surface area contributed by atoms with Gasteiger partial charge in [0.25, 0.3) is 11.8 Å². The summed E-state index contributed by atoms with van der Waals surface area (Å²) in [7, 11) is 1.43. The summed E-state index contributed by atoms with van der Waals surface area (Å²) in [5, 5.41) is 22.9. The molecule has 0 spiro atoms. The summed E-state index contributed by atoms with van der Waals surface area (Å²) in [5.41, 5.74) is 0.254. The predicted molar refractivity (Wildman–Crippen MR) is 143 cm³/mol. The summed E-state index contributed by atoms with van der Waals surface area (Å²) in [4.78, 5) is 27.1. The van der Waals surface area contributed by atoms with E-state index in [4.69, 9.17) is 10.1 Å². The van der Waals surface area contributed by atoms with E-state index >= 15 is 0 Å². The minimum atomic E-state index is -4.92. The average molecular weight is 571 g/mol. The Morgan fingerprint density at radius 3 is 2.41 bits per heavy atom. The van der Waals surface area contributed by atoms with E-state index in [1.807, 2.05) is 0 Å². The van der Waals surface area contributed by atoms with Gasteiger partial charge >= 0.3 is 6.18 Å². The lowest BCUT2D eigenvalue weighted by atomic mass is 10.0. The van der Waals surface area contributed by atoms with Crippen LogP contribution in [0.2, 0.25) is 0 Å². The van der Waals surface area contributed by atoms with Crippen molar-refractivity contribution in [2.24, 2.45) is 0 Å². The molecule has 0 saturated heterocycles. The first kappa shape index (κ1) is 29.1. The van der Waals surface area contributed by atoms with Gasteiger partial charge in [-0.15, -0.1) is 0 Å². The molecule has 0 aliphatic carbocycles. The van der Waals surface area contributed by atoms with Crippen LogP contribution in [0.5, 0.6) is 11.5 Å². The van der Waals surface area contributed by atoms with E-state index in [0.717, 1.165) is 17.2 Å². The summed E-state index contributed by atoms with van der Waals surface area (Å²) < 4.78 is 57.7. The molecule has 1 aliphatic rings. The van der Waals surface area contributed by atoms with Crippen LogP contribution in [0.15, 0.2) is 72.4 Å². The number of nitrogens with one attached hydrogen (secondary N) is 3. The molecule has 3 aromatic carbocycles. The molecule has 0 bridgehead atoms. The number of benzene rings is 3. The second-order valence-electron chi connectivity index (χ2n) is 9.27. The maximum Gasteiger partial charge on any atom is 0.419 e. The van der Waals surface area contributed by atoms with Crippen LogP contribution < -0.4 is 15.4 Å². The third-order valence-electron chi connectivity index (χ3n) is 6.36. The molecule has 0 fully saturated rings. The lowest BCUT2D eigenvalue weighted by molar-refractivity contribution is -0.140. The fourth-order valence-electron chi connectivity index (χ4n) is 4.17. The van der Waals surface area contributed by atoms with Crippen LogP contribution in [-0.4, -0.2) is 41.2 Å². The summed E-state index contributed by atoms with van der Waals surface area (Å²) >= 11 is 0. The van der Waals surface area contributed by atoms with Gasteiger partial charge in [-0.2, -0.15) is 13.2 Å². The van der Waals surface area contributed by atoms with Crippen molar-refractivity contribution in [3.63, 3.8) is 0 Å². The highest BCUT2D eigenvalue weighted by molar-refractivity contribution is 6.24. The minimum Gasteiger partial charge on any atom is -0.504 e. The third-order valence-corrected chi connectivity index (χ3v) is 6.36. The number of nitrogens with zero attached hydrogens (tertiary/aromatic N) is 1. The molecule has 0 aromatic heterocycles. The molecule has 8 nitrogen and oxygen atoms in total. The number of rotatable bonds is 8. The second kappa shape index (κ2) is 12.1. The van der Waals surface area contributed by atoms with Crippen LogP contribution in [0.3, 0.4) is 0 Å². The molecule has 4 N–H and O–H groups in total. The Balaban J connectivity index is 1.38. The normalized spacial score (nSPS) is 13.4. The van der Waals surface area contributed by atoms with Crippen molar-refractivity contribution in [2.75, 3.05) is 19.0 Å². The highest BCUT2D eigenvalue weighted by atomic mass is 19.4. The van der Waals surface area contributed by atoms with Crippen molar-refractivity contribution >= 4 is 23.2 Å². The Kier molecular flexibility index (Phi) is 8.60. The zero-order valence-corrected chi connectivity index (χ0v) is 21.8. The quantitative estimate of drug-likeness (QED) is 0.277. The van der Waals surface area contributed by atoms with Crippen molar-refractivity contribution in [1.82, 2.24) is 10.2 Å². The number of hydrogen-bond donors (Lipinski definition) is 4. The van der Waals surface area contributed by atoms with Gasteiger partial charge in [0.05, 0.1) is 18.2 Å². The van der Waals surface area contributed by atoms with Gasteiger partial charge in [-0.05, 0) is 53.6 Å². The number of alkyl halides is 3. The number of halogens is 4. The fourth-order valence-corrected chi connectivity index (χ4v) is 4.17. The number of amides is 2. The summed E-state index contributed by atoms with van der Waals surface area (Å²) in [6.45, 7) is 1.01. The Morgan fingerprint density at radius 1 is 1.02 bits per heavy atom. The Morgan fingerprint density at radius 2 is 1.73 bits per heavy atom. The number of carbonyl (C=O) groups is 2. The molecule has 214 valence electrons. The van der Waals surface area contributed by atoms with Crippen molar-refractivity contribution in [1.29, 1.82) is 5.41 Å². The Labute approximate surface area is 232 Å². The topological polar surface area (TPSA) is 115 Å². The molecule has 41 heavy (non-hydrogen) atoms. The number of phenolic OH excluding ortho intramolecular Hbond substituents is 1. The van der Waals surface area contributed by atoms with E-state index in [2.05, 4.69) is 10.6 Å². The predicted octanol–water partition coefficient (Wildman–Crippen LogP) is 5.24. The van der Waals surface area contributed by atoms with Gasteiger partial charge in [-0.1, -0.05) is 18.2 Å². The molecule has 1 heterocycles. The second-order valence-corrected chi connectivity index (χ2v) is 9.27. The molecule has 0 atom stereocenters. The molecular weight excluding hydrogens is 544 g/mol. The molecule has 2 amide bonds. The van der Waals surface area contributed by atoms with Crippen molar-refractivity contribution in [3.05, 3.63) is 101 Å². The monoisotopic (exact) mass is 570 g/mol. The van der Waals surface area contributed by atoms with E-state index in [0.29, 0.717) is 36.5 Å². The minimum absolute atomic E-state index is 0.00120. The van der Waals surface area contributed by atoms with E-state index in [1.165, 1.54) is 19.4 Å². The van der Waals surface area contributed by atoms with Gasteiger partial charge < -0.3 is 30.8 Å². The summed E-state index contributed by atoms with van der Waals surface area (Å²) in [6, 6.07) is 13.7. The number of aromatic hydroxyl groups is 1. The summed E-state index contributed by atoms with van der Waals surface area (Å²) in [5.74, 6) is -2.23. The maximum absolute atomic E-state index is 13.6. The van der Waals surface area contributed by atoms with Crippen LogP contribution in [-0.2, 0) is 24.1 Å². The van der Waals surface area contributed by atoms with Crippen LogP contribution >= 0.6 is 0 Å². The van der Waals surface area contributed by atoms with Gasteiger partial charge in [-0.3, -0.25) is 9.59 Å². The summed E-state index contributed by atoms with van der Waals surface area (Å²) in [6.07, 6.45) is -3.23. The molecular formula is C29H26F4N4O4. The Bertz CT molecular complexity index is 1500. The van der Waals surface area contributed by atoms with Gasteiger partial charge in [-0.25, -0.2) is 4.39 Å². The van der Waals surface area contributed by atoms with Crippen molar-refractivity contribution in [3.8, 4) is 11.5 Å². The number of methoxy groups -OCH3 is 1. The largest absolute Gasteiger partial charge is 0.504 e. The highest BCUT2D eigenvalue weighted by Gasteiger charge is 2.34. The van der Waals surface area contributed by atoms with Gasteiger partial charge in [0.1, 0.15) is 5.82 Å². The molecule has 12 heteroatoms. The standard InChI is InChI=1S/C29H26F4N4O4/c1-41-26-12-18(4-9-25(26)38)14-35-27(39)19-5-2-17(3-6-19)15-37-11-10-24(34)21(16-37)28(40)36-20-7-8-23(30)22(13-20)29(31,32)33/h2-9,12-13,16,34,38H,10-11,14-15H2,1H3,(H,35,39)(H,36,40). The van der Waals surface area contributed by atoms with Crippen molar-refractivity contribution in [2.45, 2.75) is 25.7 Å². The van der Waals surface area contributed by atoms with Crippen LogP contribution in [0.4, 0.5) is 23.2 Å². The first-order valence-electron chi connectivity index (χ1n) is 12.4. The highest BCUT2D eigenvalue weighted by Crippen LogP contribution is 2.33. The first-order chi connectivity index (χ1) is 19.4. The van der Waals surface area contributed by atoms with E-state index in [-0.39, 0.29) is 41.6 Å². The zero-order chi connectivity index (χ0) is 29.7. The SMILES string of the molecule is COc1cc(CNC(=O)c2ccc(CN3C=C(C(=O)Nc4ccc(F)c(C(F)(F)F)c4)C(=N)CC3)cc2)ccc1O. The molecule has 0 radical (unpaired) electrons. The number of phenols is 1. The molecule has 0 unspecified atom stereocenters. The van der Waals surface area contributed by atoms with Gasteiger partial charge in [0.2, 0.25) is 0 Å². The average Bonchev–Trinajstić information content (AvgIpc) is 2.94. The smallest absolute Gasteiger partial charge is 0.419 e. The third kappa shape index (κ3) is 7.21. The zero-order valence-electron chi connectivity index (χ0n) is 21.8. The number of ether oxygens (including phenoxy) is 1.